The number of esters is 1. The van der Waals surface area contributed by atoms with E-state index in [1.807, 2.05) is 4.90 Å². The molecule has 1 heterocycles. The number of hydrogen-bond donors (Lipinski definition) is 2. The molecule has 0 saturated carbocycles. The summed E-state index contributed by atoms with van der Waals surface area (Å²) in [7, 11) is 6.05. The molecular weight excluding hydrogens is 442 g/mol. The van der Waals surface area contributed by atoms with Gasteiger partial charge in [-0.2, -0.15) is 0 Å². The fourth-order valence-electron chi connectivity index (χ4n) is 3.51. The van der Waals surface area contributed by atoms with Crippen LogP contribution in [0.25, 0.3) is 0 Å². The van der Waals surface area contributed by atoms with Gasteiger partial charge in [0.15, 0.2) is 6.10 Å². The molecule has 2 rings (SSSR count). The lowest BCUT2D eigenvalue weighted by Crippen LogP contribution is -2.56. The SMILES string of the molecule is COCCOC(=O)C(CN1CCC(NC(=O)c2cc(Cl)c(N)cc2OC)C(OC)C1)OC. The molecule has 1 aliphatic rings. The summed E-state index contributed by atoms with van der Waals surface area (Å²) in [5, 5.41) is 3.27. The van der Waals surface area contributed by atoms with Gasteiger partial charge in [-0.05, 0) is 12.5 Å². The Bertz CT molecular complexity index is 780. The number of carbonyl (C=O) groups excluding carboxylic acids is 2. The van der Waals surface area contributed by atoms with E-state index < -0.39 is 12.1 Å². The van der Waals surface area contributed by atoms with Crippen molar-refractivity contribution in [1.29, 1.82) is 0 Å². The highest BCUT2D eigenvalue weighted by molar-refractivity contribution is 6.33. The number of likely N-dealkylation sites (tertiary alicyclic amines) is 1. The highest BCUT2D eigenvalue weighted by atomic mass is 35.5. The molecule has 1 saturated heterocycles. The Hall–Kier alpha value is -2.11. The number of amides is 1. The minimum atomic E-state index is -0.725. The molecule has 11 heteroatoms. The van der Waals surface area contributed by atoms with Gasteiger partial charge in [-0.1, -0.05) is 11.6 Å². The van der Waals surface area contributed by atoms with Crippen molar-refractivity contribution >= 4 is 29.2 Å². The summed E-state index contributed by atoms with van der Waals surface area (Å²) in [5.74, 6) is -0.437. The van der Waals surface area contributed by atoms with Gasteiger partial charge in [-0.15, -0.1) is 0 Å². The first-order chi connectivity index (χ1) is 15.3. The first-order valence-corrected chi connectivity index (χ1v) is 10.6. The van der Waals surface area contributed by atoms with Crippen LogP contribution in [-0.4, -0.2) is 96.3 Å². The Kier molecular flexibility index (Phi) is 10.5. The zero-order chi connectivity index (χ0) is 23.7. The highest BCUT2D eigenvalue weighted by Gasteiger charge is 2.33. The molecule has 180 valence electrons. The van der Waals surface area contributed by atoms with Crippen LogP contribution in [0.2, 0.25) is 5.02 Å². The van der Waals surface area contributed by atoms with E-state index in [-0.39, 0.29) is 29.7 Å². The molecule has 0 radical (unpaired) electrons. The Balaban J connectivity index is 1.98. The number of hydrogen-bond acceptors (Lipinski definition) is 9. The lowest BCUT2D eigenvalue weighted by atomic mass is 10.0. The second kappa shape index (κ2) is 12.8. The lowest BCUT2D eigenvalue weighted by molar-refractivity contribution is -0.158. The molecule has 1 fully saturated rings. The summed E-state index contributed by atoms with van der Waals surface area (Å²) in [5.41, 5.74) is 6.42. The molecular formula is C21H32ClN3O7. The topological polar surface area (TPSA) is 122 Å². The van der Waals surface area contributed by atoms with Gasteiger partial charge in [-0.3, -0.25) is 9.69 Å². The second-order valence-corrected chi connectivity index (χ2v) is 7.77. The van der Waals surface area contributed by atoms with Gasteiger partial charge in [-0.25, -0.2) is 4.79 Å². The molecule has 1 aromatic carbocycles. The number of carbonyl (C=O) groups is 2. The van der Waals surface area contributed by atoms with Crippen molar-refractivity contribution in [3.63, 3.8) is 0 Å². The van der Waals surface area contributed by atoms with E-state index in [9.17, 15) is 9.59 Å². The summed E-state index contributed by atoms with van der Waals surface area (Å²) in [4.78, 5) is 27.1. The number of nitrogens with two attached hydrogens (primary N) is 1. The van der Waals surface area contributed by atoms with Crippen LogP contribution in [0.3, 0.4) is 0 Å². The average molecular weight is 474 g/mol. The maximum Gasteiger partial charge on any atom is 0.336 e. The van der Waals surface area contributed by atoms with Crippen molar-refractivity contribution in [1.82, 2.24) is 10.2 Å². The molecule has 1 amide bonds. The van der Waals surface area contributed by atoms with E-state index in [2.05, 4.69) is 5.32 Å². The van der Waals surface area contributed by atoms with Crippen LogP contribution in [0.15, 0.2) is 12.1 Å². The van der Waals surface area contributed by atoms with Crippen molar-refractivity contribution in [2.45, 2.75) is 24.7 Å². The first-order valence-electron chi connectivity index (χ1n) is 10.2. The number of nitrogen functional groups attached to an aromatic ring is 1. The van der Waals surface area contributed by atoms with Gasteiger partial charge in [0, 0.05) is 47.0 Å². The van der Waals surface area contributed by atoms with Crippen LogP contribution in [-0.2, 0) is 23.7 Å². The third-order valence-corrected chi connectivity index (χ3v) is 5.66. The smallest absolute Gasteiger partial charge is 0.336 e. The second-order valence-electron chi connectivity index (χ2n) is 7.36. The van der Waals surface area contributed by atoms with E-state index in [4.69, 9.17) is 41.0 Å². The van der Waals surface area contributed by atoms with Crippen LogP contribution < -0.4 is 15.8 Å². The summed E-state index contributed by atoms with van der Waals surface area (Å²) in [6, 6.07) is 2.77. The number of methoxy groups -OCH3 is 4. The van der Waals surface area contributed by atoms with Gasteiger partial charge in [0.1, 0.15) is 12.4 Å². The Morgan fingerprint density at radius 2 is 2.00 bits per heavy atom. The zero-order valence-corrected chi connectivity index (χ0v) is 19.6. The van der Waals surface area contributed by atoms with E-state index in [1.54, 1.807) is 7.11 Å². The van der Waals surface area contributed by atoms with Gasteiger partial charge < -0.3 is 34.7 Å². The minimum absolute atomic E-state index is 0.169. The van der Waals surface area contributed by atoms with Crippen molar-refractivity contribution in [2.24, 2.45) is 0 Å². The monoisotopic (exact) mass is 473 g/mol. The van der Waals surface area contributed by atoms with Crippen LogP contribution >= 0.6 is 11.6 Å². The molecule has 1 aromatic rings. The van der Waals surface area contributed by atoms with Crippen LogP contribution in [0, 0.1) is 0 Å². The Labute approximate surface area is 193 Å². The van der Waals surface area contributed by atoms with Gasteiger partial charge >= 0.3 is 5.97 Å². The number of piperidine rings is 1. The largest absolute Gasteiger partial charge is 0.496 e. The number of halogens is 1. The molecule has 10 nitrogen and oxygen atoms in total. The minimum Gasteiger partial charge on any atom is -0.496 e. The van der Waals surface area contributed by atoms with E-state index in [0.717, 1.165) is 0 Å². The van der Waals surface area contributed by atoms with Crippen molar-refractivity contribution in [3.05, 3.63) is 22.7 Å². The molecule has 0 spiro atoms. The summed E-state index contributed by atoms with van der Waals surface area (Å²) < 4.78 is 26.2. The van der Waals surface area contributed by atoms with Gasteiger partial charge in [0.25, 0.3) is 5.91 Å². The van der Waals surface area contributed by atoms with Crippen LogP contribution in [0.4, 0.5) is 5.69 Å². The number of nitrogens with one attached hydrogen (secondary N) is 1. The third kappa shape index (κ3) is 6.94. The molecule has 0 bridgehead atoms. The maximum absolute atomic E-state index is 12.9. The quantitative estimate of drug-likeness (QED) is 0.275. The van der Waals surface area contributed by atoms with Crippen LogP contribution in [0.1, 0.15) is 16.8 Å². The highest BCUT2D eigenvalue weighted by Crippen LogP contribution is 2.29. The van der Waals surface area contributed by atoms with Crippen LogP contribution in [0.5, 0.6) is 5.75 Å². The first kappa shape index (κ1) is 26.1. The average Bonchev–Trinajstić information content (AvgIpc) is 2.79. The standard InChI is InChI=1S/C21H32ClN3O7/c1-28-7-8-32-21(27)19(31-4)12-25-6-5-16(18(11-25)30-3)24-20(26)13-9-14(22)15(23)10-17(13)29-2/h9-10,16,18-19H,5-8,11-12,23H2,1-4H3,(H,24,26). The van der Waals surface area contributed by atoms with E-state index >= 15 is 0 Å². The summed E-state index contributed by atoms with van der Waals surface area (Å²) >= 11 is 6.08. The summed E-state index contributed by atoms with van der Waals surface area (Å²) in [6.07, 6.45) is -0.397. The lowest BCUT2D eigenvalue weighted by Gasteiger charge is -2.38. The third-order valence-electron chi connectivity index (χ3n) is 5.33. The van der Waals surface area contributed by atoms with Gasteiger partial charge in [0.05, 0.1) is 42.1 Å². The van der Waals surface area contributed by atoms with Crippen molar-refractivity contribution < 1.29 is 33.3 Å². The van der Waals surface area contributed by atoms with Crippen molar-refractivity contribution in [2.75, 3.05) is 67.0 Å². The predicted octanol–water partition coefficient (Wildman–Crippen LogP) is 0.955. The van der Waals surface area contributed by atoms with Gasteiger partial charge in [0.2, 0.25) is 0 Å². The number of anilines is 1. The summed E-state index contributed by atoms with van der Waals surface area (Å²) in [6.45, 7) is 1.98. The van der Waals surface area contributed by atoms with Crippen molar-refractivity contribution in [3.8, 4) is 5.75 Å². The molecule has 3 N–H and O–H groups in total. The number of rotatable bonds is 11. The fourth-order valence-corrected chi connectivity index (χ4v) is 3.67. The number of benzene rings is 1. The van der Waals surface area contributed by atoms with E-state index in [1.165, 1.54) is 33.5 Å². The zero-order valence-electron chi connectivity index (χ0n) is 18.9. The molecule has 0 aliphatic carbocycles. The fraction of sp³-hybridized carbons (Fsp3) is 0.619. The number of ether oxygens (including phenoxy) is 5. The Morgan fingerprint density at radius 1 is 1.25 bits per heavy atom. The molecule has 3 unspecified atom stereocenters. The van der Waals surface area contributed by atoms with E-state index in [0.29, 0.717) is 49.7 Å². The molecule has 0 aromatic heterocycles. The predicted molar refractivity (Wildman–Crippen MR) is 119 cm³/mol. The molecule has 3 atom stereocenters. The molecule has 32 heavy (non-hydrogen) atoms. The maximum atomic E-state index is 12.9. The normalized spacial score (nSPS) is 19.9. The Morgan fingerprint density at radius 3 is 2.62 bits per heavy atom. The number of nitrogens with zero attached hydrogens (tertiary/aromatic N) is 1. The molecule has 1 aliphatic heterocycles.